The highest BCUT2D eigenvalue weighted by molar-refractivity contribution is 5.79. The SMILES string of the molecule is C#CC1CCC(=O)N1C.CC. The average Bonchev–Trinajstić information content (AvgIpc) is 2.37. The van der Waals surface area contributed by atoms with Crippen LogP contribution in [0.1, 0.15) is 26.7 Å². The van der Waals surface area contributed by atoms with Crippen LogP contribution in [0, 0.1) is 12.3 Å². The van der Waals surface area contributed by atoms with Crippen LogP contribution < -0.4 is 0 Å². The van der Waals surface area contributed by atoms with Crippen molar-refractivity contribution in [2.75, 3.05) is 7.05 Å². The van der Waals surface area contributed by atoms with E-state index in [-0.39, 0.29) is 11.9 Å². The molecule has 1 aliphatic rings. The second kappa shape index (κ2) is 4.79. The van der Waals surface area contributed by atoms with E-state index in [4.69, 9.17) is 6.42 Å². The molecule has 2 heteroatoms. The Bertz CT molecular complexity index is 169. The van der Waals surface area contributed by atoms with Crippen LogP contribution in [0.25, 0.3) is 0 Å². The van der Waals surface area contributed by atoms with Crippen molar-refractivity contribution in [2.45, 2.75) is 32.7 Å². The average molecular weight is 153 g/mol. The molecule has 1 saturated heterocycles. The maximum absolute atomic E-state index is 10.8. The number of terminal acetylenes is 1. The minimum atomic E-state index is 0.0532. The zero-order valence-corrected chi connectivity index (χ0v) is 7.42. The number of hydrogen-bond acceptors (Lipinski definition) is 1. The standard InChI is InChI=1S/C7H9NO.C2H6/c1-3-6-4-5-7(9)8(6)2;1-2/h1,6H,4-5H2,2H3;1-2H3. The number of rotatable bonds is 0. The van der Waals surface area contributed by atoms with Gasteiger partial charge in [0.2, 0.25) is 5.91 Å². The van der Waals surface area contributed by atoms with Gasteiger partial charge in [-0.15, -0.1) is 6.42 Å². The zero-order chi connectivity index (χ0) is 8.85. The lowest BCUT2D eigenvalue weighted by molar-refractivity contribution is -0.127. The third-order valence-electron chi connectivity index (χ3n) is 1.68. The van der Waals surface area contributed by atoms with Crippen LogP contribution in [0.4, 0.5) is 0 Å². The van der Waals surface area contributed by atoms with Gasteiger partial charge in [-0.25, -0.2) is 0 Å². The molecule has 0 radical (unpaired) electrons. The van der Waals surface area contributed by atoms with Gasteiger partial charge >= 0.3 is 0 Å². The first-order valence-electron chi connectivity index (χ1n) is 3.97. The third-order valence-corrected chi connectivity index (χ3v) is 1.68. The summed E-state index contributed by atoms with van der Waals surface area (Å²) >= 11 is 0. The molecular weight excluding hydrogens is 138 g/mol. The molecule has 0 aromatic heterocycles. The Labute approximate surface area is 68.6 Å². The monoisotopic (exact) mass is 153 g/mol. The van der Waals surface area contributed by atoms with E-state index in [1.165, 1.54) is 0 Å². The maximum atomic E-state index is 10.8. The number of amides is 1. The van der Waals surface area contributed by atoms with Crippen LogP contribution in [0.5, 0.6) is 0 Å². The van der Waals surface area contributed by atoms with E-state index in [2.05, 4.69) is 5.92 Å². The first-order valence-corrected chi connectivity index (χ1v) is 3.97. The molecule has 1 rings (SSSR count). The molecule has 0 aliphatic carbocycles. The lowest BCUT2D eigenvalue weighted by Crippen LogP contribution is -2.26. The number of nitrogens with zero attached hydrogens (tertiary/aromatic N) is 1. The number of likely N-dealkylation sites (tertiary alicyclic amines) is 1. The van der Waals surface area contributed by atoms with Gasteiger partial charge in [0, 0.05) is 13.5 Å². The smallest absolute Gasteiger partial charge is 0.223 e. The summed E-state index contributed by atoms with van der Waals surface area (Å²) in [6, 6.07) is 0.0532. The van der Waals surface area contributed by atoms with Gasteiger partial charge < -0.3 is 4.90 Å². The largest absolute Gasteiger partial charge is 0.332 e. The summed E-state index contributed by atoms with van der Waals surface area (Å²) in [6.45, 7) is 4.00. The second-order valence-electron chi connectivity index (χ2n) is 2.23. The molecule has 0 saturated carbocycles. The van der Waals surface area contributed by atoms with Crippen LogP contribution in [-0.4, -0.2) is 23.9 Å². The Hall–Kier alpha value is -0.970. The highest BCUT2D eigenvalue weighted by Crippen LogP contribution is 2.14. The highest BCUT2D eigenvalue weighted by Gasteiger charge is 2.25. The van der Waals surface area contributed by atoms with Crippen LogP contribution in [0.15, 0.2) is 0 Å². The molecule has 1 amide bonds. The minimum absolute atomic E-state index is 0.0532. The summed E-state index contributed by atoms with van der Waals surface area (Å²) in [5, 5.41) is 0. The fourth-order valence-corrected chi connectivity index (χ4v) is 0.999. The summed E-state index contributed by atoms with van der Waals surface area (Å²) in [6.07, 6.45) is 6.58. The van der Waals surface area contributed by atoms with Gasteiger partial charge in [-0.05, 0) is 6.42 Å². The molecule has 1 heterocycles. The Morgan fingerprint density at radius 1 is 1.64 bits per heavy atom. The van der Waals surface area contributed by atoms with Crippen LogP contribution >= 0.6 is 0 Å². The van der Waals surface area contributed by atoms with Gasteiger partial charge in [-0.1, -0.05) is 19.8 Å². The summed E-state index contributed by atoms with van der Waals surface area (Å²) < 4.78 is 0. The predicted octanol–water partition coefficient (Wildman–Crippen LogP) is 1.27. The molecule has 2 nitrogen and oxygen atoms in total. The highest BCUT2D eigenvalue weighted by atomic mass is 16.2. The quantitative estimate of drug-likeness (QED) is 0.480. The first kappa shape index (κ1) is 10.0. The molecule has 1 fully saturated rings. The summed E-state index contributed by atoms with van der Waals surface area (Å²) in [5.74, 6) is 2.71. The summed E-state index contributed by atoms with van der Waals surface area (Å²) in [7, 11) is 1.75. The van der Waals surface area contributed by atoms with E-state index < -0.39 is 0 Å². The van der Waals surface area contributed by atoms with Crippen molar-refractivity contribution in [2.24, 2.45) is 0 Å². The van der Waals surface area contributed by atoms with Gasteiger partial charge in [-0.3, -0.25) is 4.79 Å². The molecule has 0 N–H and O–H groups in total. The van der Waals surface area contributed by atoms with Crippen LogP contribution in [0.2, 0.25) is 0 Å². The van der Waals surface area contributed by atoms with Gasteiger partial charge in [0.05, 0.1) is 6.04 Å². The van der Waals surface area contributed by atoms with Crippen molar-refractivity contribution in [1.29, 1.82) is 0 Å². The number of carbonyl (C=O) groups is 1. The first-order chi connectivity index (χ1) is 5.25. The van der Waals surface area contributed by atoms with E-state index >= 15 is 0 Å². The molecular formula is C9H15NO. The zero-order valence-electron chi connectivity index (χ0n) is 7.42. The van der Waals surface area contributed by atoms with Gasteiger partial charge in [0.25, 0.3) is 0 Å². The van der Waals surface area contributed by atoms with E-state index in [1.54, 1.807) is 11.9 Å². The maximum Gasteiger partial charge on any atom is 0.223 e. The van der Waals surface area contributed by atoms with Crippen molar-refractivity contribution in [3.05, 3.63) is 0 Å². The van der Waals surface area contributed by atoms with E-state index in [9.17, 15) is 4.79 Å². The van der Waals surface area contributed by atoms with Gasteiger partial charge in [-0.2, -0.15) is 0 Å². The topological polar surface area (TPSA) is 20.3 Å². The normalized spacial score (nSPS) is 22.2. The van der Waals surface area contributed by atoms with Crippen molar-refractivity contribution < 1.29 is 4.79 Å². The third kappa shape index (κ3) is 2.27. The Balaban J connectivity index is 0.000000461. The van der Waals surface area contributed by atoms with Crippen LogP contribution in [0.3, 0.4) is 0 Å². The fraction of sp³-hybridized carbons (Fsp3) is 0.667. The molecule has 0 spiro atoms. The number of hydrogen-bond donors (Lipinski definition) is 0. The Morgan fingerprint density at radius 3 is 2.36 bits per heavy atom. The molecule has 0 aromatic carbocycles. The minimum Gasteiger partial charge on any atom is -0.332 e. The lowest BCUT2D eigenvalue weighted by Gasteiger charge is -2.12. The van der Waals surface area contributed by atoms with Crippen molar-refractivity contribution in [1.82, 2.24) is 4.90 Å². The summed E-state index contributed by atoms with van der Waals surface area (Å²) in [4.78, 5) is 12.4. The molecule has 11 heavy (non-hydrogen) atoms. The van der Waals surface area contributed by atoms with Gasteiger partial charge in [0.15, 0.2) is 0 Å². The van der Waals surface area contributed by atoms with Gasteiger partial charge in [0.1, 0.15) is 0 Å². The summed E-state index contributed by atoms with van der Waals surface area (Å²) in [5.41, 5.74) is 0. The molecule has 0 aromatic rings. The van der Waals surface area contributed by atoms with E-state index in [0.29, 0.717) is 6.42 Å². The number of carbonyl (C=O) groups excluding carboxylic acids is 1. The molecule has 1 unspecified atom stereocenters. The fourth-order valence-electron chi connectivity index (χ4n) is 0.999. The van der Waals surface area contributed by atoms with Crippen molar-refractivity contribution >= 4 is 5.91 Å². The molecule has 1 aliphatic heterocycles. The molecule has 62 valence electrons. The Kier molecular flexibility index (Phi) is 4.36. The van der Waals surface area contributed by atoms with Crippen LogP contribution in [-0.2, 0) is 4.79 Å². The predicted molar refractivity (Wildman–Crippen MR) is 46.0 cm³/mol. The molecule has 1 atom stereocenters. The Morgan fingerprint density at radius 2 is 2.18 bits per heavy atom. The van der Waals surface area contributed by atoms with E-state index in [0.717, 1.165) is 6.42 Å². The van der Waals surface area contributed by atoms with Crippen molar-refractivity contribution in [3.8, 4) is 12.3 Å². The van der Waals surface area contributed by atoms with Crippen molar-refractivity contribution in [3.63, 3.8) is 0 Å². The van der Waals surface area contributed by atoms with E-state index in [1.807, 2.05) is 13.8 Å². The lowest BCUT2D eigenvalue weighted by atomic mass is 10.2. The molecule has 0 bridgehead atoms. The second-order valence-corrected chi connectivity index (χ2v) is 2.23.